The fourth-order valence-electron chi connectivity index (χ4n) is 4.75. The summed E-state index contributed by atoms with van der Waals surface area (Å²) in [6.45, 7) is 3.84. The van der Waals surface area contributed by atoms with Crippen molar-refractivity contribution < 1.29 is 19.4 Å². The molecule has 0 bridgehead atoms. The van der Waals surface area contributed by atoms with Gasteiger partial charge in [0.2, 0.25) is 0 Å². The maximum absolute atomic E-state index is 13.2. The number of aliphatic hydroxyl groups is 1. The second kappa shape index (κ2) is 7.98. The third-order valence-electron chi connectivity index (χ3n) is 6.24. The summed E-state index contributed by atoms with van der Waals surface area (Å²) < 4.78 is 5.25. The van der Waals surface area contributed by atoms with Gasteiger partial charge in [0.25, 0.3) is 11.7 Å². The molecular weight excluding hydrogens is 378 g/mol. The van der Waals surface area contributed by atoms with Gasteiger partial charge in [0.15, 0.2) is 0 Å². The summed E-state index contributed by atoms with van der Waals surface area (Å²) in [4.78, 5) is 28.0. The number of aliphatic hydroxyl groups excluding tert-OH is 1. The largest absolute Gasteiger partial charge is 0.507 e. The Labute approximate surface area is 177 Å². The Bertz CT molecular complexity index is 1030. The van der Waals surface area contributed by atoms with Crippen LogP contribution in [0.1, 0.15) is 54.0 Å². The van der Waals surface area contributed by atoms with Crippen molar-refractivity contribution in [2.75, 3.05) is 7.11 Å². The van der Waals surface area contributed by atoms with Crippen LogP contribution < -0.4 is 4.74 Å². The average Bonchev–Trinajstić information content (AvgIpc) is 3.34. The van der Waals surface area contributed by atoms with Crippen LogP contribution in [0.25, 0.3) is 5.76 Å². The molecule has 1 atom stereocenters. The predicted octanol–water partition coefficient (Wildman–Crippen LogP) is 4.68. The number of ketones is 1. The van der Waals surface area contributed by atoms with E-state index in [-0.39, 0.29) is 17.4 Å². The van der Waals surface area contributed by atoms with Crippen LogP contribution in [-0.4, -0.2) is 34.8 Å². The zero-order valence-electron chi connectivity index (χ0n) is 17.6. The standard InChI is InChI=1S/C25H27NO4/c1-15-7-6-8-17(13-15)22-21(23(27)20-12-11-19(30-3)14-16(20)2)24(28)25(29)26(22)18-9-4-5-10-18/h6-8,11-14,18,22,27H,4-5,9-10H2,1-3H3/b23-21-. The van der Waals surface area contributed by atoms with E-state index in [0.717, 1.165) is 42.4 Å². The third kappa shape index (κ3) is 3.38. The first-order chi connectivity index (χ1) is 14.4. The van der Waals surface area contributed by atoms with Gasteiger partial charge in [0.1, 0.15) is 11.5 Å². The third-order valence-corrected chi connectivity index (χ3v) is 6.24. The Morgan fingerprint density at radius 3 is 2.43 bits per heavy atom. The maximum atomic E-state index is 13.2. The van der Waals surface area contributed by atoms with E-state index in [1.807, 2.05) is 44.2 Å². The lowest BCUT2D eigenvalue weighted by Gasteiger charge is -2.31. The fourth-order valence-corrected chi connectivity index (χ4v) is 4.75. The van der Waals surface area contributed by atoms with E-state index in [1.54, 1.807) is 24.1 Å². The first kappa shape index (κ1) is 20.2. The van der Waals surface area contributed by atoms with Crippen molar-refractivity contribution in [1.82, 2.24) is 4.90 Å². The summed E-state index contributed by atoms with van der Waals surface area (Å²) in [5.74, 6) is -0.576. The lowest BCUT2D eigenvalue weighted by molar-refractivity contribution is -0.141. The molecule has 2 fully saturated rings. The molecule has 1 amide bonds. The van der Waals surface area contributed by atoms with Crippen LogP contribution in [0.2, 0.25) is 0 Å². The fraction of sp³-hybridized carbons (Fsp3) is 0.360. The number of ether oxygens (including phenoxy) is 1. The molecule has 1 N–H and O–H groups in total. The summed E-state index contributed by atoms with van der Waals surface area (Å²) in [6, 6.07) is 12.6. The van der Waals surface area contributed by atoms with Gasteiger partial charge in [0.05, 0.1) is 18.7 Å². The summed E-state index contributed by atoms with van der Waals surface area (Å²) in [5, 5.41) is 11.3. The van der Waals surface area contributed by atoms with Crippen molar-refractivity contribution in [2.45, 2.75) is 51.6 Å². The van der Waals surface area contributed by atoms with Crippen molar-refractivity contribution in [3.8, 4) is 5.75 Å². The van der Waals surface area contributed by atoms with Gasteiger partial charge in [-0.2, -0.15) is 0 Å². The molecular formula is C25H27NO4. The lowest BCUT2D eigenvalue weighted by Crippen LogP contribution is -2.37. The number of hydrogen-bond acceptors (Lipinski definition) is 4. The molecule has 0 aromatic heterocycles. The van der Waals surface area contributed by atoms with Crippen LogP contribution in [0.4, 0.5) is 0 Å². The Hall–Kier alpha value is -3.08. The molecule has 1 aliphatic carbocycles. The molecule has 1 aliphatic heterocycles. The number of rotatable bonds is 4. The molecule has 5 nitrogen and oxygen atoms in total. The van der Waals surface area contributed by atoms with E-state index in [0.29, 0.717) is 11.3 Å². The minimum atomic E-state index is -0.610. The number of benzene rings is 2. The van der Waals surface area contributed by atoms with E-state index in [9.17, 15) is 14.7 Å². The highest BCUT2D eigenvalue weighted by Gasteiger charge is 2.49. The molecule has 1 saturated heterocycles. The van der Waals surface area contributed by atoms with Gasteiger partial charge < -0.3 is 14.7 Å². The smallest absolute Gasteiger partial charge is 0.295 e. The van der Waals surface area contributed by atoms with Crippen LogP contribution in [-0.2, 0) is 9.59 Å². The Morgan fingerprint density at radius 1 is 1.07 bits per heavy atom. The van der Waals surface area contributed by atoms with Gasteiger partial charge in [0, 0.05) is 11.6 Å². The monoisotopic (exact) mass is 405 g/mol. The number of methoxy groups -OCH3 is 1. The summed E-state index contributed by atoms with van der Waals surface area (Å²) in [7, 11) is 1.58. The van der Waals surface area contributed by atoms with E-state index >= 15 is 0 Å². The number of carbonyl (C=O) groups is 2. The minimum Gasteiger partial charge on any atom is -0.507 e. The number of aryl methyl sites for hydroxylation is 2. The van der Waals surface area contributed by atoms with Crippen molar-refractivity contribution >= 4 is 17.4 Å². The second-order valence-corrected chi connectivity index (χ2v) is 8.24. The van der Waals surface area contributed by atoms with Crippen LogP contribution in [0.15, 0.2) is 48.0 Å². The topological polar surface area (TPSA) is 66.8 Å². The lowest BCUT2D eigenvalue weighted by atomic mass is 9.92. The average molecular weight is 405 g/mol. The highest BCUT2D eigenvalue weighted by molar-refractivity contribution is 6.46. The Balaban J connectivity index is 1.90. The van der Waals surface area contributed by atoms with Gasteiger partial charge >= 0.3 is 0 Å². The van der Waals surface area contributed by atoms with Crippen molar-refractivity contribution in [1.29, 1.82) is 0 Å². The molecule has 2 aliphatic rings. The Kier molecular flexibility index (Phi) is 5.37. The highest BCUT2D eigenvalue weighted by Crippen LogP contribution is 2.44. The van der Waals surface area contributed by atoms with Gasteiger partial charge in [-0.3, -0.25) is 9.59 Å². The normalized spacial score (nSPS) is 21.4. The molecule has 0 radical (unpaired) electrons. The number of amides is 1. The Morgan fingerprint density at radius 2 is 1.80 bits per heavy atom. The van der Waals surface area contributed by atoms with Gasteiger partial charge in [-0.05, 0) is 56.0 Å². The first-order valence-corrected chi connectivity index (χ1v) is 10.4. The molecule has 4 rings (SSSR count). The molecule has 1 unspecified atom stereocenters. The molecule has 30 heavy (non-hydrogen) atoms. The molecule has 1 saturated carbocycles. The number of nitrogens with zero attached hydrogens (tertiary/aromatic N) is 1. The molecule has 0 spiro atoms. The van der Waals surface area contributed by atoms with Gasteiger partial charge in [-0.15, -0.1) is 0 Å². The summed E-state index contributed by atoms with van der Waals surface area (Å²) in [6.07, 6.45) is 3.87. The van der Waals surface area contributed by atoms with E-state index in [1.165, 1.54) is 0 Å². The molecule has 2 aromatic carbocycles. The minimum absolute atomic E-state index is 0.0224. The number of carbonyl (C=O) groups excluding carboxylic acids is 2. The maximum Gasteiger partial charge on any atom is 0.295 e. The highest BCUT2D eigenvalue weighted by atomic mass is 16.5. The van der Waals surface area contributed by atoms with Gasteiger partial charge in [-0.25, -0.2) is 0 Å². The molecule has 5 heteroatoms. The zero-order valence-corrected chi connectivity index (χ0v) is 17.6. The SMILES string of the molecule is COc1ccc(/C(O)=C2/C(=O)C(=O)N(C3CCCC3)C2c2cccc(C)c2)c(C)c1. The van der Waals surface area contributed by atoms with Crippen LogP contribution in [0.5, 0.6) is 5.75 Å². The van der Waals surface area contributed by atoms with Crippen molar-refractivity contribution in [2.24, 2.45) is 0 Å². The van der Waals surface area contributed by atoms with E-state index in [4.69, 9.17) is 4.74 Å². The van der Waals surface area contributed by atoms with Crippen molar-refractivity contribution in [3.63, 3.8) is 0 Å². The summed E-state index contributed by atoms with van der Waals surface area (Å²) >= 11 is 0. The number of likely N-dealkylation sites (tertiary alicyclic amines) is 1. The first-order valence-electron chi connectivity index (χ1n) is 10.4. The van der Waals surface area contributed by atoms with E-state index < -0.39 is 17.7 Å². The quantitative estimate of drug-likeness (QED) is 0.456. The molecule has 2 aromatic rings. The number of hydrogen-bond donors (Lipinski definition) is 1. The second-order valence-electron chi connectivity index (χ2n) is 8.24. The predicted molar refractivity (Wildman–Crippen MR) is 115 cm³/mol. The van der Waals surface area contributed by atoms with Crippen molar-refractivity contribution in [3.05, 3.63) is 70.3 Å². The van der Waals surface area contributed by atoms with Crippen LogP contribution in [0.3, 0.4) is 0 Å². The molecule has 1 heterocycles. The zero-order chi connectivity index (χ0) is 21.4. The summed E-state index contributed by atoms with van der Waals surface area (Å²) in [5.41, 5.74) is 3.39. The number of Topliss-reactive ketones (excluding diaryl/α,β-unsaturated/α-hetero) is 1. The van der Waals surface area contributed by atoms with Crippen LogP contribution in [0, 0.1) is 13.8 Å². The van der Waals surface area contributed by atoms with Gasteiger partial charge in [-0.1, -0.05) is 42.7 Å². The molecule has 156 valence electrons. The van der Waals surface area contributed by atoms with E-state index in [2.05, 4.69) is 0 Å². The van der Waals surface area contributed by atoms with Crippen LogP contribution >= 0.6 is 0 Å².